The molecule has 1 aliphatic carbocycles. The van der Waals surface area contributed by atoms with Gasteiger partial charge in [0.15, 0.2) is 0 Å². The summed E-state index contributed by atoms with van der Waals surface area (Å²) >= 11 is 0. The molecule has 1 aromatic rings. The fourth-order valence-corrected chi connectivity index (χ4v) is 2.26. The van der Waals surface area contributed by atoms with Gasteiger partial charge in [-0.2, -0.15) is 0 Å². The van der Waals surface area contributed by atoms with Crippen LogP contribution < -0.4 is 5.32 Å². The van der Waals surface area contributed by atoms with Gasteiger partial charge < -0.3 is 15.3 Å². The first-order valence-electron chi connectivity index (χ1n) is 6.73. The molecular formula is C15H18N2O4. The maximum Gasteiger partial charge on any atom is 0.329 e. The highest BCUT2D eigenvalue weighted by Crippen LogP contribution is 2.32. The van der Waals surface area contributed by atoms with Crippen molar-refractivity contribution >= 4 is 17.8 Å². The zero-order chi connectivity index (χ0) is 15.6. The summed E-state index contributed by atoms with van der Waals surface area (Å²) < 4.78 is 0. The molecule has 0 saturated heterocycles. The number of hydrogen-bond acceptors (Lipinski definition) is 3. The molecule has 0 heterocycles. The van der Waals surface area contributed by atoms with E-state index in [1.54, 1.807) is 32.3 Å². The van der Waals surface area contributed by atoms with E-state index < -0.39 is 17.4 Å². The van der Waals surface area contributed by atoms with Gasteiger partial charge in [0.2, 0.25) is 0 Å². The third-order valence-electron chi connectivity index (χ3n) is 3.75. The number of nitrogens with one attached hydrogen (secondary N) is 1. The van der Waals surface area contributed by atoms with Crippen molar-refractivity contribution in [3.05, 3.63) is 35.4 Å². The van der Waals surface area contributed by atoms with Crippen LogP contribution in [0.5, 0.6) is 0 Å². The predicted molar refractivity (Wildman–Crippen MR) is 76.1 cm³/mol. The Morgan fingerprint density at radius 2 is 1.81 bits per heavy atom. The van der Waals surface area contributed by atoms with Crippen molar-refractivity contribution in [2.24, 2.45) is 0 Å². The molecule has 1 aliphatic rings. The topological polar surface area (TPSA) is 86.7 Å². The Balaban J connectivity index is 2.18. The van der Waals surface area contributed by atoms with E-state index in [-0.39, 0.29) is 11.5 Å². The molecule has 0 radical (unpaired) electrons. The first-order chi connectivity index (χ1) is 9.85. The monoisotopic (exact) mass is 290 g/mol. The smallest absolute Gasteiger partial charge is 0.329 e. The van der Waals surface area contributed by atoms with Gasteiger partial charge in [-0.3, -0.25) is 9.59 Å². The summed E-state index contributed by atoms with van der Waals surface area (Å²) in [6.07, 6.45) is 1.65. The fraction of sp³-hybridized carbons (Fsp3) is 0.400. The Morgan fingerprint density at radius 1 is 1.19 bits per heavy atom. The number of carbonyl (C=O) groups excluding carboxylic acids is 2. The Bertz CT molecular complexity index is 591. The molecule has 2 N–H and O–H groups in total. The van der Waals surface area contributed by atoms with Crippen LogP contribution >= 0.6 is 0 Å². The number of rotatable bonds is 4. The molecule has 2 rings (SSSR count). The lowest BCUT2D eigenvalue weighted by Gasteiger charge is -2.38. The number of benzene rings is 1. The van der Waals surface area contributed by atoms with E-state index in [4.69, 9.17) is 0 Å². The minimum Gasteiger partial charge on any atom is -0.480 e. The predicted octanol–water partition coefficient (Wildman–Crippen LogP) is 1.13. The van der Waals surface area contributed by atoms with Crippen LogP contribution in [0.15, 0.2) is 24.3 Å². The molecule has 2 amide bonds. The molecule has 1 saturated carbocycles. The number of hydrogen-bond donors (Lipinski definition) is 2. The average molecular weight is 290 g/mol. The SMILES string of the molecule is CN(C)C(=O)c1cccc(C(=O)NC2(C(=O)O)CCC2)c1. The van der Waals surface area contributed by atoms with Crippen molar-refractivity contribution in [1.29, 1.82) is 0 Å². The van der Waals surface area contributed by atoms with Crippen molar-refractivity contribution in [1.82, 2.24) is 10.2 Å². The highest BCUT2D eigenvalue weighted by molar-refractivity contribution is 6.01. The number of carboxylic acid groups (broad SMARTS) is 1. The Kier molecular flexibility index (Phi) is 3.97. The molecule has 1 aromatic carbocycles. The number of carboxylic acids is 1. The van der Waals surface area contributed by atoms with Gasteiger partial charge in [0.1, 0.15) is 5.54 Å². The van der Waals surface area contributed by atoms with Gasteiger partial charge in [-0.05, 0) is 37.5 Å². The molecule has 0 aliphatic heterocycles. The van der Waals surface area contributed by atoms with Crippen molar-refractivity contribution in [3.63, 3.8) is 0 Å². The molecule has 0 spiro atoms. The molecule has 6 nitrogen and oxygen atoms in total. The van der Waals surface area contributed by atoms with Gasteiger partial charge in [0, 0.05) is 25.2 Å². The minimum absolute atomic E-state index is 0.207. The van der Waals surface area contributed by atoms with Crippen LogP contribution in [0.4, 0.5) is 0 Å². The van der Waals surface area contributed by atoms with Crippen LogP contribution in [0.2, 0.25) is 0 Å². The largest absolute Gasteiger partial charge is 0.480 e. The number of amides is 2. The average Bonchev–Trinajstić information content (AvgIpc) is 2.41. The van der Waals surface area contributed by atoms with Crippen LogP contribution in [0, 0.1) is 0 Å². The molecular weight excluding hydrogens is 272 g/mol. The summed E-state index contributed by atoms with van der Waals surface area (Å²) in [5, 5.41) is 11.8. The summed E-state index contributed by atoms with van der Waals surface area (Å²) in [7, 11) is 3.26. The third kappa shape index (κ3) is 2.89. The summed E-state index contributed by atoms with van der Waals surface area (Å²) in [4.78, 5) is 36.8. The molecule has 1 fully saturated rings. The summed E-state index contributed by atoms with van der Waals surface area (Å²) in [5.41, 5.74) is -0.473. The van der Waals surface area contributed by atoms with Crippen LogP contribution in [0.25, 0.3) is 0 Å². The van der Waals surface area contributed by atoms with Gasteiger partial charge in [-0.1, -0.05) is 6.07 Å². The lowest BCUT2D eigenvalue weighted by molar-refractivity contribution is -0.148. The van der Waals surface area contributed by atoms with Gasteiger partial charge in [0.25, 0.3) is 11.8 Å². The van der Waals surface area contributed by atoms with E-state index in [2.05, 4.69) is 5.32 Å². The second-order valence-corrected chi connectivity index (χ2v) is 5.48. The van der Waals surface area contributed by atoms with Crippen LogP contribution in [0.1, 0.15) is 40.0 Å². The van der Waals surface area contributed by atoms with Crippen molar-refractivity contribution < 1.29 is 19.5 Å². The number of carbonyl (C=O) groups is 3. The lowest BCUT2D eigenvalue weighted by atomic mass is 9.76. The highest BCUT2D eigenvalue weighted by atomic mass is 16.4. The van der Waals surface area contributed by atoms with E-state index in [9.17, 15) is 19.5 Å². The van der Waals surface area contributed by atoms with Crippen molar-refractivity contribution in [3.8, 4) is 0 Å². The molecule has 6 heteroatoms. The second kappa shape index (κ2) is 5.55. The van der Waals surface area contributed by atoms with Gasteiger partial charge >= 0.3 is 5.97 Å². The van der Waals surface area contributed by atoms with Gasteiger partial charge in [-0.25, -0.2) is 4.79 Å². The minimum atomic E-state index is -1.15. The van der Waals surface area contributed by atoms with Crippen LogP contribution in [0.3, 0.4) is 0 Å². The molecule has 21 heavy (non-hydrogen) atoms. The first-order valence-corrected chi connectivity index (χ1v) is 6.73. The summed E-state index contributed by atoms with van der Waals surface area (Å²) in [5.74, 6) is -1.69. The number of nitrogens with zero attached hydrogens (tertiary/aromatic N) is 1. The summed E-state index contributed by atoms with van der Waals surface area (Å²) in [6, 6.07) is 6.27. The normalized spacial score (nSPS) is 15.7. The fourth-order valence-electron chi connectivity index (χ4n) is 2.26. The van der Waals surface area contributed by atoms with E-state index in [1.165, 1.54) is 11.0 Å². The van der Waals surface area contributed by atoms with Crippen LogP contribution in [-0.4, -0.2) is 47.4 Å². The Morgan fingerprint density at radius 3 is 2.29 bits per heavy atom. The zero-order valence-electron chi connectivity index (χ0n) is 12.0. The molecule has 0 bridgehead atoms. The second-order valence-electron chi connectivity index (χ2n) is 5.48. The molecule has 112 valence electrons. The van der Waals surface area contributed by atoms with Crippen LogP contribution in [-0.2, 0) is 4.79 Å². The molecule has 0 aromatic heterocycles. The molecule has 0 atom stereocenters. The van der Waals surface area contributed by atoms with Crippen molar-refractivity contribution in [2.75, 3.05) is 14.1 Å². The Hall–Kier alpha value is -2.37. The quantitative estimate of drug-likeness (QED) is 0.870. The highest BCUT2D eigenvalue weighted by Gasteiger charge is 2.45. The van der Waals surface area contributed by atoms with Gasteiger partial charge in [-0.15, -0.1) is 0 Å². The summed E-state index contributed by atoms with van der Waals surface area (Å²) in [6.45, 7) is 0. The van der Waals surface area contributed by atoms with E-state index in [0.29, 0.717) is 18.4 Å². The van der Waals surface area contributed by atoms with Crippen molar-refractivity contribution in [2.45, 2.75) is 24.8 Å². The number of aliphatic carboxylic acids is 1. The maximum atomic E-state index is 12.2. The zero-order valence-corrected chi connectivity index (χ0v) is 12.0. The van der Waals surface area contributed by atoms with Gasteiger partial charge in [0.05, 0.1) is 0 Å². The molecule has 0 unspecified atom stereocenters. The maximum absolute atomic E-state index is 12.2. The third-order valence-corrected chi connectivity index (χ3v) is 3.75. The standard InChI is InChI=1S/C15H18N2O4/c1-17(2)13(19)11-6-3-5-10(9-11)12(18)16-15(14(20)21)7-4-8-15/h3,5-6,9H,4,7-8H2,1-2H3,(H,16,18)(H,20,21). The lowest BCUT2D eigenvalue weighted by Crippen LogP contribution is -2.59. The first kappa shape index (κ1) is 15.0. The van der Waals surface area contributed by atoms with E-state index in [0.717, 1.165) is 6.42 Å². The Labute approximate surface area is 122 Å². The van der Waals surface area contributed by atoms with E-state index in [1.807, 2.05) is 0 Å². The van der Waals surface area contributed by atoms with E-state index >= 15 is 0 Å².